The van der Waals surface area contributed by atoms with E-state index in [1.807, 2.05) is 0 Å². The highest BCUT2D eigenvalue weighted by molar-refractivity contribution is 5.31. The Morgan fingerprint density at radius 3 is 2.40 bits per heavy atom. The molecule has 7 atom stereocenters. The molecule has 4 aliphatic carbocycles. The smallest absolute Gasteiger partial charge is 0.112 e. The zero-order valence-electron chi connectivity index (χ0n) is 16.6. The van der Waals surface area contributed by atoms with Crippen molar-refractivity contribution < 1.29 is 15.3 Å². The Labute approximate surface area is 152 Å². The van der Waals surface area contributed by atoms with Crippen LogP contribution in [0, 0.1) is 33.5 Å². The molecule has 3 saturated carbocycles. The van der Waals surface area contributed by atoms with Gasteiger partial charge in [0.25, 0.3) is 0 Å². The quantitative estimate of drug-likeness (QED) is 0.389. The molecule has 0 radical (unpaired) electrons. The molecule has 0 bridgehead atoms. The van der Waals surface area contributed by atoms with Gasteiger partial charge in [0.15, 0.2) is 0 Å². The summed E-state index contributed by atoms with van der Waals surface area (Å²) in [5.74, 6) is 1.28. The molecular formula is C22H36O3. The summed E-state index contributed by atoms with van der Waals surface area (Å²) in [5.41, 5.74) is 2.23. The third-order valence-electron chi connectivity index (χ3n) is 9.83. The summed E-state index contributed by atoms with van der Waals surface area (Å²) in [6.07, 6.45) is 9.72. The van der Waals surface area contributed by atoms with E-state index in [1.54, 1.807) is 0 Å². The topological polar surface area (TPSA) is 49.7 Å². The van der Waals surface area contributed by atoms with Gasteiger partial charge >= 0.3 is 0 Å². The van der Waals surface area contributed by atoms with E-state index in [9.17, 15) is 10.4 Å². The fraction of sp³-hybridized carbons (Fsp3) is 0.909. The van der Waals surface area contributed by atoms with Crippen LogP contribution in [0.15, 0.2) is 11.6 Å². The number of fused-ring (bicyclic) bond motifs is 5. The number of hydrogen-bond donors (Lipinski definition) is 2. The maximum Gasteiger partial charge on any atom is 0.112 e. The molecule has 0 aliphatic heterocycles. The molecule has 0 spiro atoms. The molecule has 3 fully saturated rings. The summed E-state index contributed by atoms with van der Waals surface area (Å²) < 4.78 is 0. The van der Waals surface area contributed by atoms with Gasteiger partial charge in [-0.3, -0.25) is 5.26 Å². The van der Waals surface area contributed by atoms with E-state index < -0.39 is 0 Å². The van der Waals surface area contributed by atoms with E-state index in [0.29, 0.717) is 17.3 Å². The first-order valence-electron chi connectivity index (χ1n) is 10.3. The molecule has 25 heavy (non-hydrogen) atoms. The SMILES string of the molecule is CC1(C)[C@@H](O)CC[C@]2(C)[C@H]3CCC4=CC(OO)C[C@@]4(C)[C@]3(C)CC[C@@H]12. The first-order valence-corrected chi connectivity index (χ1v) is 10.3. The van der Waals surface area contributed by atoms with Gasteiger partial charge in [0.1, 0.15) is 6.10 Å². The van der Waals surface area contributed by atoms with Gasteiger partial charge in [-0.05, 0) is 78.4 Å². The van der Waals surface area contributed by atoms with Crippen LogP contribution in [0.2, 0.25) is 0 Å². The van der Waals surface area contributed by atoms with Crippen molar-refractivity contribution >= 4 is 0 Å². The van der Waals surface area contributed by atoms with Gasteiger partial charge in [0, 0.05) is 0 Å². The molecule has 4 aliphatic rings. The molecule has 3 nitrogen and oxygen atoms in total. The second-order valence-corrected chi connectivity index (χ2v) is 10.9. The highest BCUT2D eigenvalue weighted by atomic mass is 17.1. The zero-order valence-corrected chi connectivity index (χ0v) is 16.6. The van der Waals surface area contributed by atoms with Crippen molar-refractivity contribution in [3.8, 4) is 0 Å². The highest BCUT2D eigenvalue weighted by Crippen LogP contribution is 2.73. The Hall–Kier alpha value is -0.380. The van der Waals surface area contributed by atoms with Crippen LogP contribution in [0.4, 0.5) is 0 Å². The fourth-order valence-corrected chi connectivity index (χ4v) is 8.18. The lowest BCUT2D eigenvalue weighted by atomic mass is 9.36. The van der Waals surface area contributed by atoms with Gasteiger partial charge in [-0.15, -0.1) is 0 Å². The van der Waals surface area contributed by atoms with E-state index in [4.69, 9.17) is 4.89 Å². The van der Waals surface area contributed by atoms with Gasteiger partial charge in [-0.2, -0.15) is 0 Å². The van der Waals surface area contributed by atoms with Gasteiger partial charge in [-0.25, -0.2) is 4.89 Å². The Morgan fingerprint density at radius 1 is 1.00 bits per heavy atom. The molecule has 3 heteroatoms. The predicted molar refractivity (Wildman–Crippen MR) is 99.0 cm³/mol. The lowest BCUT2D eigenvalue weighted by Crippen LogP contribution is -2.62. The van der Waals surface area contributed by atoms with E-state index in [1.165, 1.54) is 24.8 Å². The summed E-state index contributed by atoms with van der Waals surface area (Å²) in [5, 5.41) is 19.9. The molecule has 0 amide bonds. The Balaban J connectivity index is 1.74. The number of hydrogen-bond acceptors (Lipinski definition) is 3. The maximum atomic E-state index is 10.7. The van der Waals surface area contributed by atoms with Crippen LogP contribution in [0.5, 0.6) is 0 Å². The fourth-order valence-electron chi connectivity index (χ4n) is 8.18. The van der Waals surface area contributed by atoms with Gasteiger partial charge < -0.3 is 5.11 Å². The van der Waals surface area contributed by atoms with Crippen molar-refractivity contribution in [3.05, 3.63) is 11.6 Å². The van der Waals surface area contributed by atoms with Crippen molar-refractivity contribution in [1.82, 2.24) is 0 Å². The Morgan fingerprint density at radius 2 is 1.72 bits per heavy atom. The third-order valence-corrected chi connectivity index (χ3v) is 9.83. The van der Waals surface area contributed by atoms with Crippen molar-refractivity contribution in [2.75, 3.05) is 0 Å². The van der Waals surface area contributed by atoms with Crippen LogP contribution in [-0.4, -0.2) is 22.6 Å². The van der Waals surface area contributed by atoms with Gasteiger partial charge in [-0.1, -0.05) is 46.3 Å². The average molecular weight is 349 g/mol. The monoisotopic (exact) mass is 348 g/mol. The Kier molecular flexibility index (Phi) is 3.84. The molecule has 0 aromatic carbocycles. The second kappa shape index (κ2) is 5.33. The highest BCUT2D eigenvalue weighted by Gasteiger charge is 2.66. The number of rotatable bonds is 1. The van der Waals surface area contributed by atoms with E-state index >= 15 is 0 Å². The molecule has 0 saturated heterocycles. The van der Waals surface area contributed by atoms with Crippen LogP contribution in [-0.2, 0) is 4.89 Å². The van der Waals surface area contributed by atoms with Crippen LogP contribution in [0.3, 0.4) is 0 Å². The minimum atomic E-state index is -0.164. The lowest BCUT2D eigenvalue weighted by Gasteiger charge is -2.68. The van der Waals surface area contributed by atoms with E-state index in [-0.39, 0.29) is 28.5 Å². The first kappa shape index (κ1) is 18.0. The van der Waals surface area contributed by atoms with E-state index in [2.05, 4.69) is 40.7 Å². The summed E-state index contributed by atoms with van der Waals surface area (Å²) in [4.78, 5) is 4.76. The molecule has 142 valence electrons. The average Bonchev–Trinajstić information content (AvgIpc) is 2.89. The molecule has 0 aromatic rings. The third kappa shape index (κ3) is 2.09. The molecule has 0 aromatic heterocycles. The van der Waals surface area contributed by atoms with Crippen LogP contribution < -0.4 is 0 Å². The standard InChI is InChI=1S/C22H36O3/c1-19(2)16-8-11-21(4)17(20(16,3)10-9-18(19)23)7-6-14-12-15(25-24)13-22(14,21)5/h12,15-18,23-24H,6-11,13H2,1-5H3/t15?,16-,17+,18-,20-,21+,22+/m0/s1. The molecule has 4 rings (SSSR count). The Bertz CT molecular complexity index is 596. The number of aliphatic hydroxyl groups excluding tert-OH is 1. The summed E-state index contributed by atoms with van der Waals surface area (Å²) in [6.45, 7) is 12.1. The molecule has 0 heterocycles. The van der Waals surface area contributed by atoms with Crippen molar-refractivity contribution in [1.29, 1.82) is 0 Å². The van der Waals surface area contributed by atoms with Crippen molar-refractivity contribution in [3.63, 3.8) is 0 Å². The minimum Gasteiger partial charge on any atom is -0.393 e. The zero-order chi connectivity index (χ0) is 18.3. The molecular weight excluding hydrogens is 312 g/mol. The largest absolute Gasteiger partial charge is 0.393 e. The van der Waals surface area contributed by atoms with Crippen LogP contribution in [0.25, 0.3) is 0 Å². The lowest BCUT2D eigenvalue weighted by molar-refractivity contribution is -0.272. The summed E-state index contributed by atoms with van der Waals surface area (Å²) in [6, 6.07) is 0. The molecule has 2 N–H and O–H groups in total. The van der Waals surface area contributed by atoms with Gasteiger partial charge in [0.2, 0.25) is 0 Å². The second-order valence-electron chi connectivity index (χ2n) is 10.9. The van der Waals surface area contributed by atoms with Gasteiger partial charge in [0.05, 0.1) is 6.10 Å². The van der Waals surface area contributed by atoms with Crippen LogP contribution in [0.1, 0.15) is 79.6 Å². The van der Waals surface area contributed by atoms with E-state index in [0.717, 1.165) is 25.7 Å². The van der Waals surface area contributed by atoms with Crippen molar-refractivity contribution in [2.24, 2.45) is 33.5 Å². The predicted octanol–water partition coefficient (Wildman–Crippen LogP) is 5.19. The molecule has 1 unspecified atom stereocenters. The number of aliphatic hydroxyl groups is 1. The summed E-state index contributed by atoms with van der Waals surface area (Å²) in [7, 11) is 0. The number of allylic oxidation sites excluding steroid dienone is 1. The first-order chi connectivity index (χ1) is 11.6. The normalized spacial score (nSPS) is 54.3. The van der Waals surface area contributed by atoms with Crippen molar-refractivity contribution in [2.45, 2.75) is 91.8 Å². The summed E-state index contributed by atoms with van der Waals surface area (Å²) >= 11 is 0. The maximum absolute atomic E-state index is 10.7. The minimum absolute atomic E-state index is 0.0117. The van der Waals surface area contributed by atoms with Crippen LogP contribution >= 0.6 is 0 Å².